The quantitative estimate of drug-likeness (QED) is 0.706. The normalized spacial score (nSPS) is 11.9. The molecule has 0 aliphatic carbocycles. The van der Waals surface area contributed by atoms with Gasteiger partial charge in [0.25, 0.3) is 0 Å². The first kappa shape index (κ1) is 18.1. The number of carbonyl (C=O) groups excluding carboxylic acids is 1. The summed E-state index contributed by atoms with van der Waals surface area (Å²) < 4.78 is 0. The van der Waals surface area contributed by atoms with Crippen molar-refractivity contribution in [3.63, 3.8) is 0 Å². The summed E-state index contributed by atoms with van der Waals surface area (Å²) in [6.07, 6.45) is 0. The van der Waals surface area contributed by atoms with Crippen LogP contribution in [0.1, 0.15) is 52.7 Å². The highest BCUT2D eigenvalue weighted by molar-refractivity contribution is 6.00. The molecule has 0 unspecified atom stereocenters. The number of carbonyl (C=O) groups is 1. The van der Waals surface area contributed by atoms with Crippen LogP contribution < -0.4 is 10.6 Å². The third kappa shape index (κ3) is 4.60. The molecule has 0 heterocycles. The molecule has 3 nitrogen and oxygen atoms in total. The first-order valence-corrected chi connectivity index (χ1v) is 8.35. The number of rotatable bonds is 2. The zero-order valence-electron chi connectivity index (χ0n) is 15.5. The number of anilines is 2. The predicted molar refractivity (Wildman–Crippen MR) is 103 cm³/mol. The summed E-state index contributed by atoms with van der Waals surface area (Å²) in [6, 6.07) is 15.7. The van der Waals surface area contributed by atoms with Crippen LogP contribution >= 0.6 is 0 Å². The van der Waals surface area contributed by atoms with Crippen LogP contribution in [0, 0.1) is 0 Å². The van der Waals surface area contributed by atoms with Crippen molar-refractivity contribution >= 4 is 17.4 Å². The molecule has 2 aromatic rings. The third-order valence-electron chi connectivity index (χ3n) is 3.99. The molecular formula is C21H28N2O. The van der Waals surface area contributed by atoms with Gasteiger partial charge in [-0.05, 0) is 40.2 Å². The van der Waals surface area contributed by atoms with Crippen LogP contribution in [0.15, 0.2) is 48.5 Å². The Morgan fingerprint density at radius 1 is 0.750 bits per heavy atom. The summed E-state index contributed by atoms with van der Waals surface area (Å²) in [5.41, 5.74) is 4.06. The summed E-state index contributed by atoms with van der Waals surface area (Å²) in [6.45, 7) is 12.9. The number of nitrogens with one attached hydrogen (secondary N) is 2. The third-order valence-corrected chi connectivity index (χ3v) is 3.99. The maximum atomic E-state index is 12.3. The largest absolute Gasteiger partial charge is 0.323 e. The van der Waals surface area contributed by atoms with Crippen molar-refractivity contribution in [1.82, 2.24) is 0 Å². The van der Waals surface area contributed by atoms with Gasteiger partial charge in [-0.15, -0.1) is 0 Å². The van der Waals surface area contributed by atoms with Gasteiger partial charge in [0, 0.05) is 11.4 Å². The molecule has 0 spiro atoms. The second-order valence-corrected chi connectivity index (χ2v) is 8.20. The molecule has 0 bridgehead atoms. The number of hydrogen-bond acceptors (Lipinski definition) is 1. The average molecular weight is 324 g/mol. The van der Waals surface area contributed by atoms with Gasteiger partial charge in [-0.3, -0.25) is 0 Å². The minimum absolute atomic E-state index is 0.0295. The molecular weight excluding hydrogens is 296 g/mol. The van der Waals surface area contributed by atoms with E-state index in [2.05, 4.69) is 64.3 Å². The van der Waals surface area contributed by atoms with Crippen LogP contribution in [-0.4, -0.2) is 6.03 Å². The summed E-state index contributed by atoms with van der Waals surface area (Å²) in [5, 5.41) is 5.86. The Balaban J connectivity index is 2.10. The highest BCUT2D eigenvalue weighted by Gasteiger charge is 2.18. The average Bonchev–Trinajstić information content (AvgIpc) is 2.46. The zero-order valence-corrected chi connectivity index (χ0v) is 15.5. The minimum atomic E-state index is -0.227. The molecule has 128 valence electrons. The minimum Gasteiger partial charge on any atom is -0.308 e. The van der Waals surface area contributed by atoms with Gasteiger partial charge < -0.3 is 10.6 Å². The molecule has 0 atom stereocenters. The van der Waals surface area contributed by atoms with E-state index < -0.39 is 0 Å². The predicted octanol–water partition coefficient (Wildman–Crippen LogP) is 5.93. The molecule has 0 aromatic heterocycles. The van der Waals surface area contributed by atoms with E-state index in [4.69, 9.17) is 0 Å². The van der Waals surface area contributed by atoms with Crippen molar-refractivity contribution < 1.29 is 4.79 Å². The number of para-hydroxylation sites is 1. The number of benzene rings is 2. The van der Waals surface area contributed by atoms with E-state index in [9.17, 15) is 4.79 Å². The van der Waals surface area contributed by atoms with Gasteiger partial charge in [0.2, 0.25) is 0 Å². The fourth-order valence-electron chi connectivity index (χ4n) is 2.58. The molecule has 0 radical (unpaired) electrons. The highest BCUT2D eigenvalue weighted by atomic mass is 16.2. The molecule has 0 aliphatic rings. The first-order chi connectivity index (χ1) is 11.1. The SMILES string of the molecule is CC(C)(C)c1ccc(NC(=O)Nc2ccccc2C(C)(C)C)cc1. The zero-order chi connectivity index (χ0) is 18.0. The molecule has 2 rings (SSSR count). The fourth-order valence-corrected chi connectivity index (χ4v) is 2.58. The molecule has 3 heteroatoms. The van der Waals surface area contributed by atoms with Crippen LogP contribution in [0.5, 0.6) is 0 Å². The Kier molecular flexibility index (Phi) is 5.02. The topological polar surface area (TPSA) is 41.1 Å². The van der Waals surface area contributed by atoms with Crippen LogP contribution in [0.4, 0.5) is 16.2 Å². The lowest BCUT2D eigenvalue weighted by Gasteiger charge is -2.23. The smallest absolute Gasteiger partial charge is 0.308 e. The van der Waals surface area contributed by atoms with Crippen molar-refractivity contribution in [3.05, 3.63) is 59.7 Å². The van der Waals surface area contributed by atoms with E-state index in [-0.39, 0.29) is 16.9 Å². The van der Waals surface area contributed by atoms with E-state index >= 15 is 0 Å². The monoisotopic (exact) mass is 324 g/mol. The van der Waals surface area contributed by atoms with Crippen LogP contribution in [0.25, 0.3) is 0 Å². The Hall–Kier alpha value is -2.29. The van der Waals surface area contributed by atoms with Gasteiger partial charge in [-0.1, -0.05) is 71.9 Å². The van der Waals surface area contributed by atoms with Crippen LogP contribution in [0.2, 0.25) is 0 Å². The molecule has 0 saturated carbocycles. The van der Waals surface area contributed by atoms with Gasteiger partial charge in [-0.25, -0.2) is 4.79 Å². The number of hydrogen-bond donors (Lipinski definition) is 2. The second-order valence-electron chi connectivity index (χ2n) is 8.20. The van der Waals surface area contributed by atoms with Gasteiger partial charge >= 0.3 is 6.03 Å². The second kappa shape index (κ2) is 6.68. The van der Waals surface area contributed by atoms with E-state index in [1.807, 2.05) is 36.4 Å². The summed E-state index contributed by atoms with van der Waals surface area (Å²) >= 11 is 0. The Morgan fingerprint density at radius 3 is 1.88 bits per heavy atom. The Morgan fingerprint density at radius 2 is 1.33 bits per heavy atom. The van der Waals surface area contributed by atoms with Crippen molar-refractivity contribution in [1.29, 1.82) is 0 Å². The van der Waals surface area contributed by atoms with E-state index in [0.717, 1.165) is 16.9 Å². The molecule has 2 N–H and O–H groups in total. The van der Waals surface area contributed by atoms with E-state index in [0.29, 0.717) is 0 Å². The van der Waals surface area contributed by atoms with Crippen molar-refractivity contribution in [3.8, 4) is 0 Å². The van der Waals surface area contributed by atoms with Gasteiger partial charge in [0.1, 0.15) is 0 Å². The lowest BCUT2D eigenvalue weighted by Crippen LogP contribution is -2.23. The number of amides is 2. The summed E-state index contributed by atoms with van der Waals surface area (Å²) in [5.74, 6) is 0. The highest BCUT2D eigenvalue weighted by Crippen LogP contribution is 2.29. The van der Waals surface area contributed by atoms with E-state index in [1.54, 1.807) is 0 Å². The van der Waals surface area contributed by atoms with Gasteiger partial charge in [-0.2, -0.15) is 0 Å². The molecule has 0 saturated heterocycles. The van der Waals surface area contributed by atoms with E-state index in [1.165, 1.54) is 5.56 Å². The Labute approximate surface area is 145 Å². The summed E-state index contributed by atoms with van der Waals surface area (Å²) in [4.78, 5) is 12.3. The lowest BCUT2D eigenvalue weighted by atomic mass is 9.86. The van der Waals surface area contributed by atoms with Gasteiger partial charge in [0.05, 0.1) is 0 Å². The Bertz CT molecular complexity index is 704. The molecule has 0 aliphatic heterocycles. The number of urea groups is 1. The first-order valence-electron chi connectivity index (χ1n) is 8.35. The standard InChI is InChI=1S/C21H28N2O/c1-20(2,3)15-11-13-16(14-12-15)22-19(24)23-18-10-8-7-9-17(18)21(4,5)6/h7-14H,1-6H3,(H2,22,23,24). The van der Waals surface area contributed by atoms with Crippen molar-refractivity contribution in [2.45, 2.75) is 52.4 Å². The molecule has 2 amide bonds. The summed E-state index contributed by atoms with van der Waals surface area (Å²) in [7, 11) is 0. The maximum Gasteiger partial charge on any atom is 0.323 e. The fraction of sp³-hybridized carbons (Fsp3) is 0.381. The molecule has 0 fully saturated rings. The molecule has 2 aromatic carbocycles. The van der Waals surface area contributed by atoms with Gasteiger partial charge in [0.15, 0.2) is 0 Å². The lowest BCUT2D eigenvalue weighted by molar-refractivity contribution is 0.262. The van der Waals surface area contributed by atoms with Crippen LogP contribution in [-0.2, 0) is 10.8 Å². The maximum absolute atomic E-state index is 12.3. The van der Waals surface area contributed by atoms with Crippen molar-refractivity contribution in [2.24, 2.45) is 0 Å². The molecule has 24 heavy (non-hydrogen) atoms. The van der Waals surface area contributed by atoms with Crippen molar-refractivity contribution in [2.75, 3.05) is 10.6 Å². The van der Waals surface area contributed by atoms with Crippen LogP contribution in [0.3, 0.4) is 0 Å².